The van der Waals surface area contributed by atoms with Crippen LogP contribution < -0.4 is 29.6 Å². The van der Waals surface area contributed by atoms with Crippen LogP contribution in [0.5, 0.6) is 0 Å². The fourth-order valence-electron chi connectivity index (χ4n) is 0.551. The maximum Gasteiger partial charge on any atom is 1.00 e. The largest absolute Gasteiger partial charge is 1.00 e. The van der Waals surface area contributed by atoms with E-state index in [0.29, 0.717) is 0 Å². The van der Waals surface area contributed by atoms with Crippen LogP contribution in [0, 0.1) is 0 Å². The van der Waals surface area contributed by atoms with E-state index in [1.165, 1.54) is 0 Å². The summed E-state index contributed by atoms with van der Waals surface area (Å²) >= 11 is 0. The summed E-state index contributed by atoms with van der Waals surface area (Å²) < 4.78 is 0. The number of rotatable bonds is 1. The number of carbonyl (C=O) groups excluding carboxylic acids is 1. The van der Waals surface area contributed by atoms with Crippen molar-refractivity contribution in [2.75, 3.05) is 0 Å². The molecule has 0 spiro atoms. The van der Waals surface area contributed by atoms with E-state index in [4.69, 9.17) is 0 Å². The molecule has 0 saturated heterocycles. The van der Waals surface area contributed by atoms with Gasteiger partial charge < -0.3 is 0 Å². The molecule has 1 nitrogen and oxygen atoms in total. The van der Waals surface area contributed by atoms with Crippen molar-refractivity contribution in [2.24, 2.45) is 0 Å². The van der Waals surface area contributed by atoms with E-state index >= 15 is 0 Å². The van der Waals surface area contributed by atoms with E-state index in [2.05, 4.69) is 0 Å². The number of hydrogen-bond donors (Lipinski definition) is 0. The Morgan fingerprint density at radius 3 is 2.62 bits per heavy atom. The van der Waals surface area contributed by atoms with E-state index < -0.39 is 0 Å². The van der Waals surface area contributed by atoms with E-state index in [0.717, 1.165) is 18.3 Å². The van der Waals surface area contributed by atoms with Crippen LogP contribution in [0.15, 0.2) is 23.8 Å². The molecule has 0 aromatic carbocycles. The van der Waals surface area contributed by atoms with Crippen molar-refractivity contribution in [3.63, 3.8) is 0 Å². The quantitative estimate of drug-likeness (QED) is 0.289. The molecule has 2 heteroatoms. The molecular formula is C6H6NaO+. The van der Waals surface area contributed by atoms with Crippen LogP contribution in [0.4, 0.5) is 0 Å². The molecular weight excluding hydrogens is 111 g/mol. The van der Waals surface area contributed by atoms with Crippen molar-refractivity contribution in [2.45, 2.75) is 6.42 Å². The Kier molecular flexibility index (Phi) is 4.15. The second-order valence-electron chi connectivity index (χ2n) is 1.49. The van der Waals surface area contributed by atoms with Crippen LogP contribution >= 0.6 is 0 Å². The van der Waals surface area contributed by atoms with Crippen molar-refractivity contribution in [1.82, 2.24) is 0 Å². The second-order valence-corrected chi connectivity index (χ2v) is 1.49. The predicted octanol–water partition coefficient (Wildman–Crippen LogP) is -1.92. The average molecular weight is 117 g/mol. The summed E-state index contributed by atoms with van der Waals surface area (Å²) in [5.41, 5.74) is 0.875. The van der Waals surface area contributed by atoms with Crippen LogP contribution in [0.3, 0.4) is 0 Å². The topological polar surface area (TPSA) is 17.1 Å². The van der Waals surface area contributed by atoms with Gasteiger partial charge in [0.1, 0.15) is 6.29 Å². The monoisotopic (exact) mass is 117 g/mol. The van der Waals surface area contributed by atoms with Crippen LogP contribution in [0.25, 0.3) is 0 Å². The van der Waals surface area contributed by atoms with Gasteiger partial charge in [0.05, 0.1) is 0 Å². The molecule has 0 saturated carbocycles. The van der Waals surface area contributed by atoms with Gasteiger partial charge in [-0.25, -0.2) is 0 Å². The van der Waals surface area contributed by atoms with Crippen LogP contribution in [0.1, 0.15) is 6.42 Å². The molecule has 1 aliphatic rings. The molecule has 0 aromatic rings. The van der Waals surface area contributed by atoms with Crippen molar-refractivity contribution in [3.8, 4) is 0 Å². The van der Waals surface area contributed by atoms with Gasteiger partial charge in [0, 0.05) is 0 Å². The van der Waals surface area contributed by atoms with Gasteiger partial charge in [0.2, 0.25) is 0 Å². The van der Waals surface area contributed by atoms with Crippen molar-refractivity contribution < 1.29 is 34.4 Å². The zero-order valence-electron chi connectivity index (χ0n) is 4.92. The van der Waals surface area contributed by atoms with Crippen molar-refractivity contribution in [1.29, 1.82) is 0 Å². The Hall–Kier alpha value is 0.150. The van der Waals surface area contributed by atoms with Crippen LogP contribution in [-0.2, 0) is 4.79 Å². The molecule has 36 valence electrons. The van der Waals surface area contributed by atoms with Crippen molar-refractivity contribution >= 4 is 6.29 Å². The Morgan fingerprint density at radius 1 is 1.62 bits per heavy atom. The summed E-state index contributed by atoms with van der Waals surface area (Å²) in [6.45, 7) is 0. The molecule has 1 aliphatic carbocycles. The van der Waals surface area contributed by atoms with Gasteiger partial charge in [-0.05, 0) is 12.0 Å². The van der Waals surface area contributed by atoms with Gasteiger partial charge in [0.15, 0.2) is 0 Å². The number of aldehydes is 1. The first-order chi connectivity index (χ1) is 3.43. The minimum Gasteiger partial charge on any atom is -0.298 e. The molecule has 0 heterocycles. The normalized spacial score (nSPS) is 14.8. The first-order valence-electron chi connectivity index (χ1n) is 2.24. The van der Waals surface area contributed by atoms with E-state index in [1.807, 2.05) is 18.2 Å². The Labute approximate surface area is 70.8 Å². The SMILES string of the molecule is O=CC1=CC=CC1.[Na+]. The van der Waals surface area contributed by atoms with E-state index in [9.17, 15) is 4.79 Å². The van der Waals surface area contributed by atoms with Gasteiger partial charge >= 0.3 is 29.6 Å². The summed E-state index contributed by atoms with van der Waals surface area (Å²) in [4.78, 5) is 9.90. The smallest absolute Gasteiger partial charge is 0.298 e. The van der Waals surface area contributed by atoms with Gasteiger partial charge in [-0.3, -0.25) is 4.79 Å². The zero-order chi connectivity index (χ0) is 5.11. The molecule has 1 rings (SSSR count). The fraction of sp³-hybridized carbons (Fsp3) is 0.167. The summed E-state index contributed by atoms with van der Waals surface area (Å²) in [6, 6.07) is 0. The molecule has 0 fully saturated rings. The minimum absolute atomic E-state index is 0. The van der Waals surface area contributed by atoms with Gasteiger partial charge in [-0.2, -0.15) is 0 Å². The summed E-state index contributed by atoms with van der Waals surface area (Å²) in [6.07, 6.45) is 7.39. The number of hydrogen-bond acceptors (Lipinski definition) is 1. The Balaban J connectivity index is 0.000000490. The summed E-state index contributed by atoms with van der Waals surface area (Å²) in [5, 5.41) is 0. The van der Waals surface area contributed by atoms with E-state index in [1.54, 1.807) is 0 Å². The number of carbonyl (C=O) groups is 1. The first-order valence-corrected chi connectivity index (χ1v) is 2.24. The third-order valence-corrected chi connectivity index (χ3v) is 0.951. The number of allylic oxidation sites excluding steroid dienone is 4. The fourth-order valence-corrected chi connectivity index (χ4v) is 0.551. The standard InChI is InChI=1S/C6H6O.Na/c7-5-6-3-1-2-4-6;/h1-3,5H,4H2;/q;+1. The van der Waals surface area contributed by atoms with Gasteiger partial charge in [-0.15, -0.1) is 0 Å². The van der Waals surface area contributed by atoms with Crippen LogP contribution in [0.2, 0.25) is 0 Å². The molecule has 0 aliphatic heterocycles. The molecule has 0 N–H and O–H groups in total. The minimum atomic E-state index is 0. The van der Waals surface area contributed by atoms with Gasteiger partial charge in [-0.1, -0.05) is 18.2 Å². The maximum absolute atomic E-state index is 9.90. The molecule has 0 bridgehead atoms. The Morgan fingerprint density at radius 2 is 2.38 bits per heavy atom. The maximum atomic E-state index is 9.90. The predicted molar refractivity (Wildman–Crippen MR) is 27.9 cm³/mol. The molecule has 0 unspecified atom stereocenters. The summed E-state index contributed by atoms with van der Waals surface area (Å²) in [5.74, 6) is 0. The summed E-state index contributed by atoms with van der Waals surface area (Å²) in [7, 11) is 0. The van der Waals surface area contributed by atoms with Crippen LogP contribution in [-0.4, -0.2) is 6.29 Å². The molecule has 0 amide bonds. The zero-order valence-corrected chi connectivity index (χ0v) is 6.92. The molecule has 0 aromatic heterocycles. The first kappa shape index (κ1) is 8.15. The molecule has 8 heavy (non-hydrogen) atoms. The van der Waals surface area contributed by atoms with Crippen molar-refractivity contribution in [3.05, 3.63) is 23.8 Å². The average Bonchev–Trinajstić information content (AvgIpc) is 2.14. The molecule has 0 atom stereocenters. The third kappa shape index (κ3) is 1.95. The van der Waals surface area contributed by atoms with Gasteiger partial charge in [0.25, 0.3) is 0 Å². The molecule has 0 radical (unpaired) electrons. The van der Waals surface area contributed by atoms with E-state index in [-0.39, 0.29) is 29.6 Å². The second kappa shape index (κ2) is 4.07. The Bertz CT molecular complexity index is 135. The third-order valence-electron chi connectivity index (χ3n) is 0.951.